The van der Waals surface area contributed by atoms with Gasteiger partial charge in [0.2, 0.25) is 0 Å². The fourth-order valence-corrected chi connectivity index (χ4v) is 1.53. The smallest absolute Gasteiger partial charge is 0.185 e. The van der Waals surface area contributed by atoms with Crippen molar-refractivity contribution in [2.75, 3.05) is 0 Å². The minimum atomic E-state index is 0.0560. The van der Waals surface area contributed by atoms with E-state index in [1.165, 1.54) is 0 Å². The summed E-state index contributed by atoms with van der Waals surface area (Å²) in [5.41, 5.74) is 1.86. The molecule has 0 radical (unpaired) electrons. The molecule has 0 bridgehead atoms. The Bertz CT molecular complexity index is 390. The van der Waals surface area contributed by atoms with Gasteiger partial charge in [0.05, 0.1) is 0 Å². The zero-order chi connectivity index (χ0) is 11.8. The van der Waals surface area contributed by atoms with E-state index in [0.717, 1.165) is 24.0 Å². The zero-order valence-corrected chi connectivity index (χ0v) is 9.94. The van der Waals surface area contributed by atoms with Crippen LogP contribution in [0.3, 0.4) is 0 Å². The van der Waals surface area contributed by atoms with E-state index in [1.807, 2.05) is 38.2 Å². The van der Waals surface area contributed by atoms with E-state index in [2.05, 4.69) is 18.2 Å². The lowest BCUT2D eigenvalue weighted by Gasteiger charge is -2.00. The molecule has 0 aromatic heterocycles. The third kappa shape index (κ3) is 3.85. The average Bonchev–Trinajstić information content (AvgIpc) is 2.34. The van der Waals surface area contributed by atoms with E-state index in [0.29, 0.717) is 0 Å². The first kappa shape index (κ1) is 12.4. The van der Waals surface area contributed by atoms with Gasteiger partial charge < -0.3 is 0 Å². The van der Waals surface area contributed by atoms with Crippen molar-refractivity contribution in [3.05, 3.63) is 59.8 Å². The summed E-state index contributed by atoms with van der Waals surface area (Å²) in [6.07, 6.45) is 17.6. The molecule has 84 valence electrons. The van der Waals surface area contributed by atoms with Gasteiger partial charge in [-0.05, 0) is 38.3 Å². The van der Waals surface area contributed by atoms with Crippen LogP contribution in [0.25, 0.3) is 0 Å². The van der Waals surface area contributed by atoms with Gasteiger partial charge in [0.25, 0.3) is 0 Å². The fraction of sp³-hybridized carbons (Fsp3) is 0.267. The van der Waals surface area contributed by atoms with Gasteiger partial charge >= 0.3 is 0 Å². The van der Waals surface area contributed by atoms with Crippen LogP contribution in [0.1, 0.15) is 26.7 Å². The summed E-state index contributed by atoms with van der Waals surface area (Å²) >= 11 is 0. The third-order valence-corrected chi connectivity index (χ3v) is 2.39. The summed E-state index contributed by atoms with van der Waals surface area (Å²) < 4.78 is 0. The predicted octanol–water partition coefficient (Wildman–Crippen LogP) is 3.91. The first-order valence-electron chi connectivity index (χ1n) is 5.66. The molecule has 1 aliphatic rings. The quantitative estimate of drug-likeness (QED) is 0.512. The minimum absolute atomic E-state index is 0.0560. The second-order valence-electron chi connectivity index (χ2n) is 3.63. The Labute approximate surface area is 97.6 Å². The van der Waals surface area contributed by atoms with Crippen molar-refractivity contribution in [2.24, 2.45) is 0 Å². The summed E-state index contributed by atoms with van der Waals surface area (Å²) in [5.74, 6) is 0.0560. The highest BCUT2D eigenvalue weighted by Crippen LogP contribution is 2.11. The summed E-state index contributed by atoms with van der Waals surface area (Å²) in [6.45, 7) is 3.79. The van der Waals surface area contributed by atoms with Crippen LogP contribution in [0.15, 0.2) is 59.8 Å². The van der Waals surface area contributed by atoms with Gasteiger partial charge in [-0.1, -0.05) is 42.5 Å². The average molecular weight is 214 g/mol. The highest BCUT2D eigenvalue weighted by atomic mass is 16.1. The molecule has 1 aliphatic carbocycles. The molecule has 0 unspecified atom stereocenters. The lowest BCUT2D eigenvalue weighted by atomic mass is 10.0. The normalized spacial score (nSPS) is 17.1. The number of hydrogen-bond acceptors (Lipinski definition) is 1. The van der Waals surface area contributed by atoms with Gasteiger partial charge in [-0.3, -0.25) is 4.79 Å². The minimum Gasteiger partial charge on any atom is -0.289 e. The first-order valence-corrected chi connectivity index (χ1v) is 5.66. The molecule has 0 fully saturated rings. The maximum atomic E-state index is 11.7. The third-order valence-electron chi connectivity index (χ3n) is 2.39. The van der Waals surface area contributed by atoms with Gasteiger partial charge in [-0.25, -0.2) is 0 Å². The van der Waals surface area contributed by atoms with Crippen molar-refractivity contribution in [1.29, 1.82) is 0 Å². The molecule has 0 atom stereocenters. The molecular formula is C15H18O. The number of rotatable bonds is 4. The number of carbonyl (C=O) groups is 1. The van der Waals surface area contributed by atoms with Crippen LogP contribution in [0.5, 0.6) is 0 Å². The predicted molar refractivity (Wildman–Crippen MR) is 69.2 cm³/mol. The van der Waals surface area contributed by atoms with Gasteiger partial charge in [0, 0.05) is 5.57 Å². The van der Waals surface area contributed by atoms with Crippen LogP contribution in [-0.4, -0.2) is 5.78 Å². The molecule has 1 rings (SSSR count). The van der Waals surface area contributed by atoms with E-state index in [9.17, 15) is 4.79 Å². The Morgan fingerprint density at radius 1 is 1.25 bits per heavy atom. The molecule has 16 heavy (non-hydrogen) atoms. The highest BCUT2D eigenvalue weighted by molar-refractivity contribution is 6.06. The Balaban J connectivity index is 2.66. The molecule has 0 aliphatic heterocycles. The van der Waals surface area contributed by atoms with Crippen molar-refractivity contribution >= 4 is 5.78 Å². The molecular weight excluding hydrogens is 196 g/mol. The topological polar surface area (TPSA) is 17.1 Å². The number of carbonyl (C=O) groups excluding carboxylic acids is 1. The Hall–Kier alpha value is -1.63. The molecule has 0 saturated heterocycles. The molecule has 0 spiro atoms. The van der Waals surface area contributed by atoms with Crippen molar-refractivity contribution in [1.82, 2.24) is 0 Å². The van der Waals surface area contributed by atoms with Crippen molar-refractivity contribution in [3.63, 3.8) is 0 Å². The Morgan fingerprint density at radius 2 is 2.06 bits per heavy atom. The van der Waals surface area contributed by atoms with Crippen LogP contribution in [-0.2, 0) is 4.79 Å². The molecule has 0 N–H and O–H groups in total. The van der Waals surface area contributed by atoms with E-state index in [4.69, 9.17) is 0 Å². The van der Waals surface area contributed by atoms with Gasteiger partial charge in [0.1, 0.15) is 0 Å². The van der Waals surface area contributed by atoms with Crippen LogP contribution in [0, 0.1) is 0 Å². The summed E-state index contributed by atoms with van der Waals surface area (Å²) in [6, 6.07) is 0. The first-order chi connectivity index (χ1) is 7.77. The van der Waals surface area contributed by atoms with Crippen LogP contribution >= 0.6 is 0 Å². The van der Waals surface area contributed by atoms with Gasteiger partial charge in [-0.15, -0.1) is 0 Å². The molecule has 0 amide bonds. The van der Waals surface area contributed by atoms with E-state index in [-0.39, 0.29) is 5.78 Å². The standard InChI is InChI=1S/C15H18O/c1-3-8-14(4-2)15(16)12-11-13-9-6-5-7-10-13/h3-4,6,8-12H,5,7H2,1-2H3/b8-3-,12-11+,14-4+. The monoisotopic (exact) mass is 214 g/mol. The lowest BCUT2D eigenvalue weighted by molar-refractivity contribution is -0.111. The maximum Gasteiger partial charge on any atom is 0.185 e. The zero-order valence-electron chi connectivity index (χ0n) is 9.94. The maximum absolute atomic E-state index is 11.7. The second kappa shape index (κ2) is 6.78. The molecule has 1 nitrogen and oxygen atoms in total. The van der Waals surface area contributed by atoms with Crippen LogP contribution < -0.4 is 0 Å². The fourth-order valence-electron chi connectivity index (χ4n) is 1.53. The molecule has 0 aromatic carbocycles. The van der Waals surface area contributed by atoms with E-state index < -0.39 is 0 Å². The van der Waals surface area contributed by atoms with Crippen LogP contribution in [0.2, 0.25) is 0 Å². The Morgan fingerprint density at radius 3 is 2.62 bits per heavy atom. The number of allylic oxidation sites excluding steroid dienone is 10. The number of ketones is 1. The molecule has 1 heteroatoms. The van der Waals surface area contributed by atoms with Gasteiger partial charge in [0.15, 0.2) is 5.78 Å². The SMILES string of the molecule is C/C=C\C(=C/C)C(=O)/C=C/C1=CCCC=C1. The highest BCUT2D eigenvalue weighted by Gasteiger charge is 2.00. The Kier molecular flexibility index (Phi) is 5.27. The van der Waals surface area contributed by atoms with Gasteiger partial charge in [-0.2, -0.15) is 0 Å². The second-order valence-corrected chi connectivity index (χ2v) is 3.63. The van der Waals surface area contributed by atoms with Crippen molar-refractivity contribution in [3.8, 4) is 0 Å². The van der Waals surface area contributed by atoms with Crippen LogP contribution in [0.4, 0.5) is 0 Å². The largest absolute Gasteiger partial charge is 0.289 e. The lowest BCUT2D eigenvalue weighted by Crippen LogP contribution is -1.95. The van der Waals surface area contributed by atoms with E-state index in [1.54, 1.807) is 6.08 Å². The van der Waals surface area contributed by atoms with Crippen molar-refractivity contribution < 1.29 is 4.79 Å². The summed E-state index contributed by atoms with van der Waals surface area (Å²) in [5, 5.41) is 0. The molecule has 0 aromatic rings. The van der Waals surface area contributed by atoms with Crippen molar-refractivity contribution in [2.45, 2.75) is 26.7 Å². The number of hydrogen-bond donors (Lipinski definition) is 0. The summed E-state index contributed by atoms with van der Waals surface area (Å²) in [7, 11) is 0. The molecule has 0 heterocycles. The van der Waals surface area contributed by atoms with E-state index >= 15 is 0 Å². The summed E-state index contributed by atoms with van der Waals surface area (Å²) in [4.78, 5) is 11.7. The molecule has 0 saturated carbocycles.